The van der Waals surface area contributed by atoms with Crippen molar-refractivity contribution < 1.29 is 13.2 Å². The number of aryl methyl sites for hydroxylation is 1. The molecule has 0 spiro atoms. The Labute approximate surface area is 212 Å². The third kappa shape index (κ3) is 6.63. The number of nitrogens with zero attached hydrogens (tertiary/aromatic N) is 2. The summed E-state index contributed by atoms with van der Waals surface area (Å²) in [6.07, 6.45) is 2.52. The monoisotopic (exact) mass is 511 g/mol. The van der Waals surface area contributed by atoms with Gasteiger partial charge in [-0.15, -0.1) is 0 Å². The molecule has 0 atom stereocenters. The number of hydrogen-bond acceptors (Lipinski definition) is 4. The Bertz CT molecular complexity index is 1240. The summed E-state index contributed by atoms with van der Waals surface area (Å²) in [5.74, 6) is -0.385. The molecule has 1 amide bonds. The van der Waals surface area contributed by atoms with E-state index in [1.165, 1.54) is 42.7 Å². The standard InChI is InChI=1S/C27H30ClN3O3S/c1-21-4-12-25(13-5-21)31(35(33,34)26-14-10-24(28)11-15-26)20-27(32)29-18-22-6-8-23(9-7-22)19-30-16-2-3-17-30/h4-15H,2-3,16-20H2,1H3,(H,29,32). The molecule has 1 heterocycles. The minimum atomic E-state index is -3.97. The highest BCUT2D eigenvalue weighted by atomic mass is 35.5. The summed E-state index contributed by atoms with van der Waals surface area (Å²) in [4.78, 5) is 15.4. The summed E-state index contributed by atoms with van der Waals surface area (Å²) < 4.78 is 28.0. The van der Waals surface area contributed by atoms with Crippen molar-refractivity contribution in [3.8, 4) is 0 Å². The number of halogens is 1. The summed E-state index contributed by atoms with van der Waals surface area (Å²) in [7, 11) is -3.97. The lowest BCUT2D eigenvalue weighted by atomic mass is 10.1. The van der Waals surface area contributed by atoms with E-state index in [0.717, 1.165) is 35.1 Å². The van der Waals surface area contributed by atoms with Crippen LogP contribution in [0.4, 0.5) is 5.69 Å². The Kier molecular flexibility index (Phi) is 8.11. The summed E-state index contributed by atoms with van der Waals surface area (Å²) in [6.45, 7) is 5.15. The molecule has 1 fully saturated rings. The van der Waals surface area contributed by atoms with Gasteiger partial charge in [0.05, 0.1) is 10.6 Å². The Morgan fingerprint density at radius 3 is 2.14 bits per heavy atom. The quantitative estimate of drug-likeness (QED) is 0.450. The second kappa shape index (κ2) is 11.2. The number of nitrogens with one attached hydrogen (secondary N) is 1. The van der Waals surface area contributed by atoms with Crippen LogP contribution in [0.15, 0.2) is 77.7 Å². The molecule has 3 aromatic rings. The molecule has 35 heavy (non-hydrogen) atoms. The van der Waals surface area contributed by atoms with Crippen LogP contribution in [0, 0.1) is 6.92 Å². The Hall–Kier alpha value is -2.87. The van der Waals surface area contributed by atoms with Crippen molar-refractivity contribution in [1.29, 1.82) is 0 Å². The molecule has 4 rings (SSSR count). The van der Waals surface area contributed by atoms with E-state index in [4.69, 9.17) is 11.6 Å². The fourth-order valence-corrected chi connectivity index (χ4v) is 5.66. The maximum Gasteiger partial charge on any atom is 0.264 e. The van der Waals surface area contributed by atoms with Crippen LogP contribution in [-0.4, -0.2) is 38.9 Å². The van der Waals surface area contributed by atoms with Gasteiger partial charge in [0.15, 0.2) is 0 Å². The van der Waals surface area contributed by atoms with E-state index in [-0.39, 0.29) is 17.3 Å². The molecule has 0 aliphatic carbocycles. The first-order chi connectivity index (χ1) is 16.8. The minimum absolute atomic E-state index is 0.0730. The number of rotatable bonds is 9. The van der Waals surface area contributed by atoms with Crippen LogP contribution in [0.5, 0.6) is 0 Å². The molecule has 1 N–H and O–H groups in total. The fraction of sp³-hybridized carbons (Fsp3) is 0.296. The van der Waals surface area contributed by atoms with Gasteiger partial charge in [-0.05, 0) is 80.4 Å². The third-order valence-electron chi connectivity index (χ3n) is 6.13. The number of likely N-dealkylation sites (tertiary alicyclic amines) is 1. The number of amides is 1. The van der Waals surface area contributed by atoms with E-state index in [2.05, 4.69) is 22.3 Å². The topological polar surface area (TPSA) is 69.7 Å². The first kappa shape index (κ1) is 25.2. The fourth-order valence-electron chi connectivity index (χ4n) is 4.11. The Balaban J connectivity index is 1.44. The van der Waals surface area contributed by atoms with Gasteiger partial charge in [-0.25, -0.2) is 8.42 Å². The second-order valence-electron chi connectivity index (χ2n) is 8.88. The predicted octanol–water partition coefficient (Wildman–Crippen LogP) is 4.76. The van der Waals surface area contributed by atoms with Crippen molar-refractivity contribution in [2.24, 2.45) is 0 Å². The van der Waals surface area contributed by atoms with E-state index in [1.807, 2.05) is 31.2 Å². The lowest BCUT2D eigenvalue weighted by Gasteiger charge is -2.24. The highest BCUT2D eigenvalue weighted by Crippen LogP contribution is 2.25. The first-order valence-corrected chi connectivity index (χ1v) is 13.5. The van der Waals surface area contributed by atoms with Gasteiger partial charge < -0.3 is 5.32 Å². The predicted molar refractivity (Wildman–Crippen MR) is 140 cm³/mol. The van der Waals surface area contributed by atoms with Crippen LogP contribution in [0.3, 0.4) is 0 Å². The van der Waals surface area contributed by atoms with E-state index in [9.17, 15) is 13.2 Å². The molecule has 0 saturated carbocycles. The zero-order valence-corrected chi connectivity index (χ0v) is 21.4. The summed E-state index contributed by atoms with van der Waals surface area (Å²) in [5.41, 5.74) is 3.63. The van der Waals surface area contributed by atoms with Crippen LogP contribution in [0.25, 0.3) is 0 Å². The van der Waals surface area contributed by atoms with Crippen molar-refractivity contribution in [3.05, 3.63) is 94.5 Å². The molecule has 1 saturated heterocycles. The minimum Gasteiger partial charge on any atom is -0.350 e. The van der Waals surface area contributed by atoms with Gasteiger partial charge in [-0.2, -0.15) is 0 Å². The van der Waals surface area contributed by atoms with Gasteiger partial charge in [0.2, 0.25) is 5.91 Å². The van der Waals surface area contributed by atoms with Gasteiger partial charge in [0.1, 0.15) is 6.54 Å². The molecule has 0 unspecified atom stereocenters. The zero-order chi connectivity index (χ0) is 24.8. The van der Waals surface area contributed by atoms with Gasteiger partial charge in [0.25, 0.3) is 10.0 Å². The maximum absolute atomic E-state index is 13.4. The lowest BCUT2D eigenvalue weighted by Crippen LogP contribution is -2.40. The van der Waals surface area contributed by atoms with Crippen molar-refractivity contribution in [2.75, 3.05) is 23.9 Å². The molecule has 8 heteroatoms. The highest BCUT2D eigenvalue weighted by molar-refractivity contribution is 7.92. The van der Waals surface area contributed by atoms with E-state index < -0.39 is 10.0 Å². The number of sulfonamides is 1. The molecule has 0 bridgehead atoms. The van der Waals surface area contributed by atoms with Crippen molar-refractivity contribution in [3.63, 3.8) is 0 Å². The van der Waals surface area contributed by atoms with Crippen molar-refractivity contribution in [1.82, 2.24) is 10.2 Å². The summed E-state index contributed by atoms with van der Waals surface area (Å²) >= 11 is 5.94. The lowest BCUT2D eigenvalue weighted by molar-refractivity contribution is -0.119. The van der Waals surface area contributed by atoms with E-state index in [1.54, 1.807) is 12.1 Å². The smallest absolute Gasteiger partial charge is 0.264 e. The molecule has 6 nitrogen and oxygen atoms in total. The molecule has 1 aliphatic rings. The summed E-state index contributed by atoms with van der Waals surface area (Å²) in [6, 6.07) is 21.2. The second-order valence-corrected chi connectivity index (χ2v) is 11.2. The normalized spacial score (nSPS) is 14.1. The molecular formula is C27H30ClN3O3S. The molecule has 0 aromatic heterocycles. The number of carbonyl (C=O) groups is 1. The van der Waals surface area contributed by atoms with Crippen LogP contribution in [0.2, 0.25) is 5.02 Å². The Morgan fingerprint density at radius 2 is 1.51 bits per heavy atom. The summed E-state index contributed by atoms with van der Waals surface area (Å²) in [5, 5.41) is 3.30. The van der Waals surface area contributed by atoms with Crippen molar-refractivity contribution >= 4 is 33.2 Å². The van der Waals surface area contributed by atoms with Crippen LogP contribution in [-0.2, 0) is 27.9 Å². The first-order valence-electron chi connectivity index (χ1n) is 11.7. The van der Waals surface area contributed by atoms with Crippen molar-refractivity contribution in [2.45, 2.75) is 37.8 Å². The van der Waals surface area contributed by atoms with Gasteiger partial charge in [-0.1, -0.05) is 53.6 Å². The highest BCUT2D eigenvalue weighted by Gasteiger charge is 2.27. The third-order valence-corrected chi connectivity index (χ3v) is 8.17. The zero-order valence-electron chi connectivity index (χ0n) is 19.8. The Morgan fingerprint density at radius 1 is 0.914 bits per heavy atom. The molecule has 1 aliphatic heterocycles. The number of carbonyl (C=O) groups excluding carboxylic acids is 1. The SMILES string of the molecule is Cc1ccc(N(CC(=O)NCc2ccc(CN3CCCC3)cc2)S(=O)(=O)c2ccc(Cl)cc2)cc1. The van der Waals surface area contributed by atoms with Crippen LogP contribution >= 0.6 is 11.6 Å². The molecule has 0 radical (unpaired) electrons. The van der Waals surface area contributed by atoms with Gasteiger partial charge in [0, 0.05) is 18.1 Å². The number of benzene rings is 3. The van der Waals surface area contributed by atoms with Crippen LogP contribution < -0.4 is 9.62 Å². The molecule has 3 aromatic carbocycles. The van der Waals surface area contributed by atoms with Crippen LogP contribution in [0.1, 0.15) is 29.5 Å². The largest absolute Gasteiger partial charge is 0.350 e. The number of hydrogen-bond donors (Lipinski definition) is 1. The number of anilines is 1. The van der Waals surface area contributed by atoms with Gasteiger partial charge >= 0.3 is 0 Å². The molecule has 184 valence electrons. The average molecular weight is 512 g/mol. The average Bonchev–Trinajstić information content (AvgIpc) is 3.36. The van der Waals surface area contributed by atoms with E-state index >= 15 is 0 Å². The maximum atomic E-state index is 13.4. The van der Waals surface area contributed by atoms with E-state index in [0.29, 0.717) is 17.3 Å². The van der Waals surface area contributed by atoms with Gasteiger partial charge in [-0.3, -0.25) is 14.0 Å². The molecular weight excluding hydrogens is 482 g/mol.